The first-order valence-electron chi connectivity index (χ1n) is 9.19. The van der Waals surface area contributed by atoms with E-state index >= 15 is 0 Å². The molecule has 0 aliphatic carbocycles. The van der Waals surface area contributed by atoms with E-state index < -0.39 is 0 Å². The van der Waals surface area contributed by atoms with E-state index in [0.717, 1.165) is 31.5 Å². The van der Waals surface area contributed by atoms with Gasteiger partial charge in [0.2, 0.25) is 0 Å². The molecule has 138 valence electrons. The van der Waals surface area contributed by atoms with Crippen LogP contribution in [0, 0.1) is 0 Å². The monoisotopic (exact) mass is 363 g/mol. The zero-order chi connectivity index (χ0) is 18.8. The number of rotatable bonds is 4. The molecule has 1 atom stereocenters. The quantitative estimate of drug-likeness (QED) is 0.814. The average molecular weight is 363 g/mol. The highest BCUT2D eigenvalue weighted by Crippen LogP contribution is 2.25. The molecule has 1 fully saturated rings. The van der Waals surface area contributed by atoms with Crippen LogP contribution in [0.3, 0.4) is 0 Å². The van der Waals surface area contributed by atoms with Crippen LogP contribution >= 0.6 is 0 Å². The molecule has 4 rings (SSSR count). The van der Waals surface area contributed by atoms with Crippen LogP contribution in [0.5, 0.6) is 0 Å². The van der Waals surface area contributed by atoms with Crippen molar-refractivity contribution in [3.8, 4) is 0 Å². The number of amides is 3. The summed E-state index contributed by atoms with van der Waals surface area (Å²) in [5, 5.41) is 6.25. The highest BCUT2D eigenvalue weighted by molar-refractivity contribution is 6.22. The van der Waals surface area contributed by atoms with Crippen molar-refractivity contribution in [2.24, 2.45) is 0 Å². The van der Waals surface area contributed by atoms with Crippen molar-refractivity contribution in [3.05, 3.63) is 70.8 Å². The molecule has 6 nitrogen and oxygen atoms in total. The number of hydrogen-bond acceptors (Lipinski definition) is 4. The maximum Gasteiger partial charge on any atom is 0.261 e. The molecule has 2 heterocycles. The third kappa shape index (κ3) is 3.48. The molecule has 27 heavy (non-hydrogen) atoms. The van der Waals surface area contributed by atoms with Gasteiger partial charge in [-0.05, 0) is 43.1 Å². The SMILES string of the molecule is O=C(NC1CCCNC1)c1ccc2c(c1)C(=O)N(Cc1ccccc1)C2=O. The lowest BCUT2D eigenvalue weighted by atomic mass is 10.0. The van der Waals surface area contributed by atoms with E-state index in [1.807, 2.05) is 30.3 Å². The molecule has 6 heteroatoms. The molecule has 1 saturated heterocycles. The molecule has 3 amide bonds. The first-order valence-corrected chi connectivity index (χ1v) is 9.19. The highest BCUT2D eigenvalue weighted by atomic mass is 16.2. The van der Waals surface area contributed by atoms with Gasteiger partial charge in [-0.25, -0.2) is 0 Å². The fraction of sp³-hybridized carbons (Fsp3) is 0.286. The number of carbonyl (C=O) groups excluding carboxylic acids is 3. The van der Waals surface area contributed by atoms with Crippen molar-refractivity contribution >= 4 is 17.7 Å². The second-order valence-corrected chi connectivity index (χ2v) is 6.96. The Kier molecular flexibility index (Phi) is 4.73. The van der Waals surface area contributed by atoms with Gasteiger partial charge < -0.3 is 10.6 Å². The van der Waals surface area contributed by atoms with Gasteiger partial charge in [0.25, 0.3) is 17.7 Å². The van der Waals surface area contributed by atoms with Crippen LogP contribution in [0.15, 0.2) is 48.5 Å². The Bertz CT molecular complexity index is 889. The van der Waals surface area contributed by atoms with Crippen LogP contribution < -0.4 is 10.6 Å². The van der Waals surface area contributed by atoms with Crippen LogP contribution in [0.25, 0.3) is 0 Å². The van der Waals surface area contributed by atoms with Gasteiger partial charge in [0.05, 0.1) is 17.7 Å². The number of carbonyl (C=O) groups is 3. The average Bonchev–Trinajstić information content (AvgIpc) is 2.94. The van der Waals surface area contributed by atoms with Crippen molar-refractivity contribution in [2.45, 2.75) is 25.4 Å². The summed E-state index contributed by atoms with van der Waals surface area (Å²) in [6, 6.07) is 14.2. The number of imide groups is 1. The van der Waals surface area contributed by atoms with E-state index in [0.29, 0.717) is 16.7 Å². The lowest BCUT2D eigenvalue weighted by Gasteiger charge is -2.23. The molecule has 2 aliphatic rings. The van der Waals surface area contributed by atoms with Crippen molar-refractivity contribution in [1.82, 2.24) is 15.5 Å². The number of hydrogen-bond donors (Lipinski definition) is 2. The third-order valence-electron chi connectivity index (χ3n) is 5.05. The summed E-state index contributed by atoms with van der Waals surface area (Å²) in [4.78, 5) is 39.1. The normalized spacial score (nSPS) is 19.1. The number of benzene rings is 2. The van der Waals surface area contributed by atoms with Gasteiger partial charge in [-0.2, -0.15) is 0 Å². The molecular weight excluding hydrogens is 342 g/mol. The standard InChI is InChI=1S/C21H21N3O3/c25-19(23-16-7-4-10-22-12-16)15-8-9-17-18(11-15)21(27)24(20(17)26)13-14-5-2-1-3-6-14/h1-3,5-6,8-9,11,16,22H,4,7,10,12-13H2,(H,23,25). The highest BCUT2D eigenvalue weighted by Gasteiger charge is 2.36. The minimum absolute atomic E-state index is 0.0893. The number of piperidine rings is 1. The maximum atomic E-state index is 12.7. The van der Waals surface area contributed by atoms with Crippen LogP contribution in [0.1, 0.15) is 49.5 Å². The van der Waals surface area contributed by atoms with E-state index in [2.05, 4.69) is 10.6 Å². The molecule has 1 unspecified atom stereocenters. The first kappa shape index (κ1) is 17.4. The smallest absolute Gasteiger partial charge is 0.261 e. The molecular formula is C21H21N3O3. The van der Waals surface area contributed by atoms with E-state index in [1.165, 1.54) is 11.0 Å². The maximum absolute atomic E-state index is 12.7. The van der Waals surface area contributed by atoms with E-state index in [-0.39, 0.29) is 30.3 Å². The van der Waals surface area contributed by atoms with Gasteiger partial charge in [-0.3, -0.25) is 19.3 Å². The van der Waals surface area contributed by atoms with E-state index in [9.17, 15) is 14.4 Å². The number of nitrogens with one attached hydrogen (secondary N) is 2. The van der Waals surface area contributed by atoms with Crippen molar-refractivity contribution in [2.75, 3.05) is 13.1 Å². The van der Waals surface area contributed by atoms with Gasteiger partial charge in [0.15, 0.2) is 0 Å². The Morgan fingerprint density at radius 3 is 2.59 bits per heavy atom. The fourth-order valence-corrected chi connectivity index (χ4v) is 3.59. The molecule has 0 spiro atoms. The summed E-state index contributed by atoms with van der Waals surface area (Å²) >= 11 is 0. The van der Waals surface area contributed by atoms with Crippen molar-refractivity contribution in [3.63, 3.8) is 0 Å². The topological polar surface area (TPSA) is 78.5 Å². The predicted molar refractivity (Wildman–Crippen MR) is 100 cm³/mol. The molecule has 0 aromatic heterocycles. The fourth-order valence-electron chi connectivity index (χ4n) is 3.59. The largest absolute Gasteiger partial charge is 0.348 e. The lowest BCUT2D eigenvalue weighted by molar-refractivity contribution is 0.0642. The Morgan fingerprint density at radius 1 is 1.07 bits per heavy atom. The Hall–Kier alpha value is -2.99. The summed E-state index contributed by atoms with van der Waals surface area (Å²) < 4.78 is 0. The molecule has 0 radical (unpaired) electrons. The predicted octanol–water partition coefficient (Wildman–Crippen LogP) is 1.96. The van der Waals surface area contributed by atoms with Crippen molar-refractivity contribution < 1.29 is 14.4 Å². The molecule has 2 aromatic carbocycles. The summed E-state index contributed by atoms with van der Waals surface area (Å²) in [5.41, 5.74) is 1.94. The Labute approximate surface area is 157 Å². The molecule has 2 aromatic rings. The zero-order valence-corrected chi connectivity index (χ0v) is 14.9. The third-order valence-corrected chi connectivity index (χ3v) is 5.05. The molecule has 2 N–H and O–H groups in total. The minimum atomic E-state index is -0.354. The Morgan fingerprint density at radius 2 is 1.85 bits per heavy atom. The molecule has 2 aliphatic heterocycles. The summed E-state index contributed by atoms with van der Waals surface area (Å²) in [6.45, 7) is 1.94. The van der Waals surface area contributed by atoms with E-state index in [4.69, 9.17) is 0 Å². The van der Waals surface area contributed by atoms with Gasteiger partial charge in [0.1, 0.15) is 0 Å². The number of nitrogens with zero attached hydrogens (tertiary/aromatic N) is 1. The lowest BCUT2D eigenvalue weighted by Crippen LogP contribution is -2.45. The second-order valence-electron chi connectivity index (χ2n) is 6.96. The van der Waals surface area contributed by atoms with Crippen molar-refractivity contribution in [1.29, 1.82) is 0 Å². The summed E-state index contributed by atoms with van der Waals surface area (Å²) in [7, 11) is 0. The Balaban J connectivity index is 1.52. The molecule has 0 bridgehead atoms. The summed E-state index contributed by atoms with van der Waals surface area (Å²) in [5.74, 6) is -0.886. The van der Waals surface area contributed by atoms with Crippen LogP contribution in [-0.2, 0) is 6.54 Å². The van der Waals surface area contributed by atoms with Gasteiger partial charge in [0, 0.05) is 18.2 Å². The van der Waals surface area contributed by atoms with E-state index in [1.54, 1.807) is 12.1 Å². The van der Waals surface area contributed by atoms with Crippen LogP contribution in [0.2, 0.25) is 0 Å². The minimum Gasteiger partial charge on any atom is -0.348 e. The van der Waals surface area contributed by atoms with Gasteiger partial charge in [-0.15, -0.1) is 0 Å². The zero-order valence-electron chi connectivity index (χ0n) is 14.9. The van der Waals surface area contributed by atoms with Crippen LogP contribution in [0.4, 0.5) is 0 Å². The van der Waals surface area contributed by atoms with Gasteiger partial charge >= 0.3 is 0 Å². The first-order chi connectivity index (χ1) is 13.1. The number of fused-ring (bicyclic) bond motifs is 1. The summed E-state index contributed by atoms with van der Waals surface area (Å²) in [6.07, 6.45) is 1.96. The molecule has 0 saturated carbocycles. The van der Waals surface area contributed by atoms with Crippen LogP contribution in [-0.4, -0.2) is 41.8 Å². The second kappa shape index (κ2) is 7.32. The van der Waals surface area contributed by atoms with Gasteiger partial charge in [-0.1, -0.05) is 30.3 Å².